The number of aromatic nitrogens is 2. The first-order valence-electron chi connectivity index (χ1n) is 8.92. The summed E-state index contributed by atoms with van der Waals surface area (Å²) >= 11 is 0. The third-order valence-electron chi connectivity index (χ3n) is 4.90. The van der Waals surface area contributed by atoms with Gasteiger partial charge in [0.1, 0.15) is 23.0 Å². The molecule has 0 saturated heterocycles. The largest absolute Gasteiger partial charge is 0.497 e. The summed E-state index contributed by atoms with van der Waals surface area (Å²) in [4.78, 5) is 0. The zero-order valence-electron chi connectivity index (χ0n) is 15.4. The highest BCUT2D eigenvalue weighted by molar-refractivity contribution is 5.77. The lowest BCUT2D eigenvalue weighted by Gasteiger charge is -2.10. The molecule has 0 unspecified atom stereocenters. The maximum atomic E-state index is 5.60. The van der Waals surface area contributed by atoms with E-state index in [9.17, 15) is 0 Å². The molecule has 0 atom stereocenters. The molecule has 2 aromatic carbocycles. The molecule has 5 nitrogen and oxygen atoms in total. The molecule has 1 aromatic heterocycles. The molecule has 1 N–H and O–H groups in total. The van der Waals surface area contributed by atoms with Gasteiger partial charge in [0.05, 0.1) is 19.9 Å². The van der Waals surface area contributed by atoms with Gasteiger partial charge < -0.3 is 14.8 Å². The minimum Gasteiger partial charge on any atom is -0.497 e. The first kappa shape index (κ1) is 16.5. The lowest BCUT2D eigenvalue weighted by Crippen LogP contribution is -2.04. The van der Waals surface area contributed by atoms with Crippen molar-refractivity contribution in [1.29, 1.82) is 0 Å². The van der Waals surface area contributed by atoms with Gasteiger partial charge in [-0.15, -0.1) is 0 Å². The second kappa shape index (κ2) is 6.75. The molecule has 5 heteroatoms. The van der Waals surface area contributed by atoms with E-state index in [4.69, 9.17) is 14.6 Å². The van der Waals surface area contributed by atoms with Crippen molar-refractivity contribution in [2.75, 3.05) is 26.1 Å². The highest BCUT2D eigenvalue weighted by Crippen LogP contribution is 2.39. The van der Waals surface area contributed by atoms with Crippen molar-refractivity contribution in [1.82, 2.24) is 9.78 Å². The van der Waals surface area contributed by atoms with E-state index in [1.807, 2.05) is 22.9 Å². The van der Waals surface area contributed by atoms with Gasteiger partial charge in [0.25, 0.3) is 0 Å². The Hall–Kier alpha value is -2.95. The number of fused-ring (bicyclic) bond motifs is 1. The molecule has 26 heavy (non-hydrogen) atoms. The summed E-state index contributed by atoms with van der Waals surface area (Å²) in [5.74, 6) is 2.61. The maximum absolute atomic E-state index is 5.60. The van der Waals surface area contributed by atoms with Crippen LogP contribution >= 0.6 is 0 Å². The van der Waals surface area contributed by atoms with Crippen LogP contribution in [0.5, 0.6) is 11.5 Å². The quantitative estimate of drug-likeness (QED) is 0.754. The smallest absolute Gasteiger partial charge is 0.133 e. The molecule has 0 amide bonds. The van der Waals surface area contributed by atoms with Gasteiger partial charge in [0.15, 0.2) is 0 Å². The minimum absolute atomic E-state index is 0.769. The molecular formula is C21H23N3O2. The van der Waals surface area contributed by atoms with Crippen LogP contribution in [0, 0.1) is 0 Å². The standard InChI is InChI=1S/C21H23N3O2/c1-4-14-5-7-15(8-6-14)24-21-18(11-12-22-21)20(23-24)17-10-9-16(25-2)13-19(17)26-3/h5-10,13,22H,4,11-12H2,1-3H3. The fraction of sp³-hybridized carbons (Fsp3) is 0.286. The van der Waals surface area contributed by atoms with E-state index in [0.29, 0.717) is 0 Å². The summed E-state index contributed by atoms with van der Waals surface area (Å²) < 4.78 is 12.9. The van der Waals surface area contributed by atoms with Crippen molar-refractivity contribution >= 4 is 5.82 Å². The Bertz CT molecular complexity index is 929. The predicted molar refractivity (Wildman–Crippen MR) is 104 cm³/mol. The first-order chi connectivity index (χ1) is 12.7. The summed E-state index contributed by atoms with van der Waals surface area (Å²) in [6.07, 6.45) is 1.98. The zero-order chi connectivity index (χ0) is 18.1. The Morgan fingerprint density at radius 3 is 2.58 bits per heavy atom. The lowest BCUT2D eigenvalue weighted by molar-refractivity contribution is 0.395. The van der Waals surface area contributed by atoms with Gasteiger partial charge in [0.2, 0.25) is 0 Å². The van der Waals surface area contributed by atoms with E-state index in [2.05, 4.69) is 36.5 Å². The lowest BCUT2D eigenvalue weighted by atomic mass is 10.1. The number of nitrogens with one attached hydrogen (secondary N) is 1. The average Bonchev–Trinajstić information content (AvgIpc) is 3.30. The molecule has 4 rings (SSSR count). The number of hydrogen-bond acceptors (Lipinski definition) is 4. The van der Waals surface area contributed by atoms with Crippen LogP contribution in [0.15, 0.2) is 42.5 Å². The Balaban J connectivity index is 1.84. The molecule has 0 spiro atoms. The average molecular weight is 349 g/mol. The van der Waals surface area contributed by atoms with Crippen LogP contribution in [0.2, 0.25) is 0 Å². The van der Waals surface area contributed by atoms with Crippen molar-refractivity contribution in [3.63, 3.8) is 0 Å². The van der Waals surface area contributed by atoms with E-state index >= 15 is 0 Å². The van der Waals surface area contributed by atoms with Crippen LogP contribution in [-0.4, -0.2) is 30.5 Å². The van der Waals surface area contributed by atoms with E-state index < -0.39 is 0 Å². The molecule has 0 saturated carbocycles. The highest BCUT2D eigenvalue weighted by Gasteiger charge is 2.25. The van der Waals surface area contributed by atoms with Crippen LogP contribution in [-0.2, 0) is 12.8 Å². The third-order valence-corrected chi connectivity index (χ3v) is 4.90. The van der Waals surface area contributed by atoms with Gasteiger partial charge in [-0.1, -0.05) is 19.1 Å². The number of rotatable bonds is 5. The number of aryl methyl sites for hydroxylation is 1. The van der Waals surface area contributed by atoms with Crippen molar-refractivity contribution in [3.8, 4) is 28.4 Å². The van der Waals surface area contributed by atoms with Gasteiger partial charge in [-0.2, -0.15) is 5.10 Å². The molecule has 3 aromatic rings. The van der Waals surface area contributed by atoms with Crippen LogP contribution in [0.25, 0.3) is 16.9 Å². The van der Waals surface area contributed by atoms with Crippen molar-refractivity contribution in [2.45, 2.75) is 19.8 Å². The SMILES string of the molecule is CCc1ccc(-n2nc(-c3ccc(OC)cc3OC)c3c2NCC3)cc1. The molecule has 0 radical (unpaired) electrons. The van der Waals surface area contributed by atoms with Gasteiger partial charge in [-0.05, 0) is 42.7 Å². The number of hydrogen-bond donors (Lipinski definition) is 1. The maximum Gasteiger partial charge on any atom is 0.133 e. The molecule has 1 aliphatic heterocycles. The fourth-order valence-corrected chi connectivity index (χ4v) is 3.44. The molecule has 134 valence electrons. The molecular weight excluding hydrogens is 326 g/mol. The molecule has 1 aliphatic rings. The molecule has 0 aliphatic carbocycles. The Kier molecular flexibility index (Phi) is 4.29. The number of benzene rings is 2. The van der Waals surface area contributed by atoms with Crippen LogP contribution < -0.4 is 14.8 Å². The van der Waals surface area contributed by atoms with Crippen molar-refractivity contribution in [2.24, 2.45) is 0 Å². The summed E-state index contributed by atoms with van der Waals surface area (Å²) in [7, 11) is 3.34. The molecule has 2 heterocycles. The van der Waals surface area contributed by atoms with Crippen molar-refractivity contribution < 1.29 is 9.47 Å². The van der Waals surface area contributed by atoms with Gasteiger partial charge >= 0.3 is 0 Å². The summed E-state index contributed by atoms with van der Waals surface area (Å²) in [5.41, 5.74) is 5.56. The summed E-state index contributed by atoms with van der Waals surface area (Å²) in [6.45, 7) is 3.09. The second-order valence-electron chi connectivity index (χ2n) is 6.35. The topological polar surface area (TPSA) is 48.3 Å². The fourth-order valence-electron chi connectivity index (χ4n) is 3.44. The highest BCUT2D eigenvalue weighted by atomic mass is 16.5. The number of methoxy groups -OCH3 is 2. The zero-order valence-corrected chi connectivity index (χ0v) is 15.4. The van der Waals surface area contributed by atoms with Crippen LogP contribution in [0.1, 0.15) is 18.1 Å². The Morgan fingerprint density at radius 1 is 1.08 bits per heavy atom. The third kappa shape index (κ3) is 2.69. The predicted octanol–water partition coefficient (Wildman–Crippen LogP) is 4.09. The van der Waals surface area contributed by atoms with E-state index in [1.165, 1.54) is 11.1 Å². The second-order valence-corrected chi connectivity index (χ2v) is 6.35. The van der Waals surface area contributed by atoms with Crippen LogP contribution in [0.4, 0.5) is 5.82 Å². The minimum atomic E-state index is 0.769. The van der Waals surface area contributed by atoms with Crippen LogP contribution in [0.3, 0.4) is 0 Å². The summed E-state index contributed by atoms with van der Waals surface area (Å²) in [5, 5.41) is 8.41. The van der Waals surface area contributed by atoms with Crippen molar-refractivity contribution in [3.05, 3.63) is 53.6 Å². The van der Waals surface area contributed by atoms with Gasteiger partial charge in [0, 0.05) is 23.7 Å². The number of ether oxygens (including phenoxy) is 2. The van der Waals surface area contributed by atoms with Gasteiger partial charge in [-0.25, -0.2) is 4.68 Å². The molecule has 0 bridgehead atoms. The van der Waals surface area contributed by atoms with Gasteiger partial charge in [-0.3, -0.25) is 0 Å². The van der Waals surface area contributed by atoms with E-state index in [1.54, 1.807) is 14.2 Å². The summed E-state index contributed by atoms with van der Waals surface area (Å²) in [6, 6.07) is 14.4. The monoisotopic (exact) mass is 349 g/mol. The number of anilines is 1. The normalized spacial score (nSPS) is 12.6. The number of nitrogens with zero attached hydrogens (tertiary/aromatic N) is 2. The van der Waals surface area contributed by atoms with E-state index in [-0.39, 0.29) is 0 Å². The Morgan fingerprint density at radius 2 is 1.88 bits per heavy atom. The Labute approximate surface area is 153 Å². The molecule has 0 fully saturated rings. The van der Waals surface area contributed by atoms with E-state index in [0.717, 1.165) is 53.6 Å². The first-order valence-corrected chi connectivity index (χ1v) is 8.92.